The van der Waals surface area contributed by atoms with Crippen molar-refractivity contribution in [1.82, 2.24) is 20.4 Å². The summed E-state index contributed by atoms with van der Waals surface area (Å²) < 4.78 is 10.5. The van der Waals surface area contributed by atoms with Crippen LogP contribution in [0, 0.1) is 0 Å². The zero-order valence-electron chi connectivity index (χ0n) is 19.1. The second kappa shape index (κ2) is 10.5. The van der Waals surface area contributed by atoms with Crippen LogP contribution in [0.3, 0.4) is 0 Å². The number of likely N-dealkylation sites (tertiary alicyclic amines) is 1. The number of nitrogens with zero attached hydrogens (tertiary/aromatic N) is 3. The summed E-state index contributed by atoms with van der Waals surface area (Å²) >= 11 is 0. The minimum atomic E-state index is -0.0616. The lowest BCUT2D eigenvalue weighted by atomic mass is 9.98. The zero-order chi connectivity index (χ0) is 23.2. The quantitative estimate of drug-likeness (QED) is 0.388. The van der Waals surface area contributed by atoms with Crippen LogP contribution in [0.2, 0.25) is 0 Å². The first-order valence-electron chi connectivity index (χ1n) is 11.8. The number of amides is 1. The van der Waals surface area contributed by atoms with E-state index in [4.69, 9.17) is 8.94 Å². The van der Waals surface area contributed by atoms with E-state index >= 15 is 0 Å². The molecule has 1 N–H and O–H groups in total. The molecule has 0 aliphatic carbocycles. The number of aryl methyl sites for hydroxylation is 1. The van der Waals surface area contributed by atoms with E-state index in [1.165, 1.54) is 31.5 Å². The molecule has 1 amide bonds. The third-order valence-corrected chi connectivity index (χ3v) is 6.14. The Labute approximate surface area is 198 Å². The lowest BCUT2D eigenvalue weighted by molar-refractivity contribution is -0.121. The molecule has 174 valence electrons. The van der Waals surface area contributed by atoms with Crippen LogP contribution in [-0.4, -0.2) is 34.0 Å². The second-order valence-corrected chi connectivity index (χ2v) is 8.60. The van der Waals surface area contributed by atoms with E-state index in [1.807, 2.05) is 12.1 Å². The summed E-state index contributed by atoms with van der Waals surface area (Å²) in [6.45, 7) is 3.87. The number of nitrogens with one attached hydrogen (secondary N) is 1. The Morgan fingerprint density at radius 3 is 2.62 bits per heavy atom. The van der Waals surface area contributed by atoms with Gasteiger partial charge in [-0.25, -0.2) is 0 Å². The van der Waals surface area contributed by atoms with Gasteiger partial charge in [0.05, 0.1) is 6.26 Å². The van der Waals surface area contributed by atoms with Crippen molar-refractivity contribution in [3.63, 3.8) is 0 Å². The van der Waals surface area contributed by atoms with Crippen LogP contribution in [0.4, 0.5) is 0 Å². The predicted octanol–water partition coefficient (Wildman–Crippen LogP) is 4.84. The van der Waals surface area contributed by atoms with Gasteiger partial charge >= 0.3 is 0 Å². The van der Waals surface area contributed by atoms with E-state index in [9.17, 15) is 4.79 Å². The van der Waals surface area contributed by atoms with Crippen LogP contribution in [0.1, 0.15) is 36.3 Å². The number of benzene rings is 2. The molecule has 1 aliphatic heterocycles. The van der Waals surface area contributed by atoms with Gasteiger partial charge in [0.25, 0.3) is 0 Å². The van der Waals surface area contributed by atoms with E-state index in [-0.39, 0.29) is 12.3 Å². The highest BCUT2D eigenvalue weighted by atomic mass is 16.5. The first-order valence-corrected chi connectivity index (χ1v) is 11.8. The Bertz CT molecular complexity index is 1210. The van der Waals surface area contributed by atoms with Gasteiger partial charge in [0, 0.05) is 25.9 Å². The largest absolute Gasteiger partial charge is 0.461 e. The summed E-state index contributed by atoms with van der Waals surface area (Å²) in [6.07, 6.45) is 4.81. The van der Waals surface area contributed by atoms with Crippen LogP contribution in [-0.2, 0) is 24.3 Å². The number of aromatic nitrogens is 2. The summed E-state index contributed by atoms with van der Waals surface area (Å²) in [6, 6.07) is 20.5. The average molecular weight is 457 g/mol. The van der Waals surface area contributed by atoms with Gasteiger partial charge in [0.2, 0.25) is 17.6 Å². The molecular weight excluding hydrogens is 428 g/mol. The molecule has 34 heavy (non-hydrogen) atoms. The molecule has 0 radical (unpaired) electrons. The molecule has 0 atom stereocenters. The monoisotopic (exact) mass is 456 g/mol. The molecule has 2 aromatic heterocycles. The van der Waals surface area contributed by atoms with Crippen LogP contribution < -0.4 is 5.32 Å². The maximum Gasteiger partial charge on any atom is 0.238 e. The smallest absolute Gasteiger partial charge is 0.238 e. The molecule has 1 aliphatic rings. The molecule has 1 fully saturated rings. The second-order valence-electron chi connectivity index (χ2n) is 8.60. The normalized spacial score (nSPS) is 13.9. The Kier molecular flexibility index (Phi) is 6.81. The Morgan fingerprint density at radius 2 is 1.82 bits per heavy atom. The SMILES string of the molecule is O=C(CCc1nc(-c2ccco2)no1)NCc1ccccc1-c1ccc(CN2CCCC2)cc1. The minimum absolute atomic E-state index is 0.0616. The highest BCUT2D eigenvalue weighted by molar-refractivity contribution is 5.76. The highest BCUT2D eigenvalue weighted by Crippen LogP contribution is 2.25. The molecule has 0 spiro atoms. The fraction of sp³-hybridized carbons (Fsp3) is 0.296. The molecule has 5 rings (SSSR count). The van der Waals surface area contributed by atoms with Crippen molar-refractivity contribution < 1.29 is 13.7 Å². The molecule has 4 aromatic rings. The molecule has 3 heterocycles. The Morgan fingerprint density at radius 1 is 1.00 bits per heavy atom. The van der Waals surface area contributed by atoms with Crippen molar-refractivity contribution in [2.24, 2.45) is 0 Å². The van der Waals surface area contributed by atoms with Gasteiger partial charge in [-0.05, 0) is 60.3 Å². The van der Waals surface area contributed by atoms with E-state index in [1.54, 1.807) is 18.4 Å². The Balaban J connectivity index is 1.16. The van der Waals surface area contributed by atoms with Gasteiger partial charge in [0.15, 0.2) is 5.76 Å². The number of furan rings is 1. The van der Waals surface area contributed by atoms with Crippen molar-refractivity contribution in [2.45, 2.75) is 38.8 Å². The van der Waals surface area contributed by atoms with E-state index in [0.29, 0.717) is 30.4 Å². The summed E-state index contributed by atoms with van der Waals surface area (Å²) in [5.41, 5.74) is 4.72. The topological polar surface area (TPSA) is 84.4 Å². The van der Waals surface area contributed by atoms with Crippen molar-refractivity contribution in [1.29, 1.82) is 0 Å². The van der Waals surface area contributed by atoms with Gasteiger partial charge in [-0.1, -0.05) is 53.7 Å². The summed E-state index contributed by atoms with van der Waals surface area (Å²) in [7, 11) is 0. The lowest BCUT2D eigenvalue weighted by Gasteiger charge is -2.15. The fourth-order valence-electron chi connectivity index (χ4n) is 4.31. The molecule has 7 nitrogen and oxygen atoms in total. The van der Waals surface area contributed by atoms with E-state index < -0.39 is 0 Å². The van der Waals surface area contributed by atoms with Crippen molar-refractivity contribution in [2.75, 3.05) is 13.1 Å². The standard InChI is InChI=1S/C27H28N4O3/c32-25(13-14-26-29-27(30-34-26)24-8-5-17-33-24)28-18-22-6-1-2-7-23(22)21-11-9-20(10-12-21)19-31-15-3-4-16-31/h1-2,5-12,17H,3-4,13-16,18-19H2,(H,28,32). The number of carbonyl (C=O) groups is 1. The predicted molar refractivity (Wildman–Crippen MR) is 129 cm³/mol. The van der Waals surface area contributed by atoms with Gasteiger partial charge < -0.3 is 14.3 Å². The number of hydrogen-bond acceptors (Lipinski definition) is 6. The number of rotatable bonds is 9. The van der Waals surface area contributed by atoms with Gasteiger partial charge in [0.1, 0.15) is 0 Å². The third kappa shape index (κ3) is 5.43. The average Bonchev–Trinajstić information content (AvgIpc) is 3.65. The summed E-state index contributed by atoms with van der Waals surface area (Å²) in [5.74, 6) is 1.28. The molecule has 0 bridgehead atoms. The molecule has 2 aromatic carbocycles. The summed E-state index contributed by atoms with van der Waals surface area (Å²) in [4.78, 5) is 19.2. The maximum atomic E-state index is 12.5. The maximum absolute atomic E-state index is 12.5. The molecule has 0 unspecified atom stereocenters. The van der Waals surface area contributed by atoms with Crippen molar-refractivity contribution in [3.8, 4) is 22.7 Å². The van der Waals surface area contributed by atoms with E-state index in [2.05, 4.69) is 56.8 Å². The van der Waals surface area contributed by atoms with Gasteiger partial charge in [-0.2, -0.15) is 4.98 Å². The molecule has 1 saturated heterocycles. The fourth-order valence-corrected chi connectivity index (χ4v) is 4.31. The lowest BCUT2D eigenvalue weighted by Crippen LogP contribution is -2.23. The van der Waals surface area contributed by atoms with Gasteiger partial charge in [-0.3, -0.25) is 9.69 Å². The number of carbonyl (C=O) groups excluding carboxylic acids is 1. The van der Waals surface area contributed by atoms with Crippen LogP contribution in [0.5, 0.6) is 0 Å². The molecule has 0 saturated carbocycles. The first kappa shape index (κ1) is 22.1. The summed E-state index contributed by atoms with van der Waals surface area (Å²) in [5, 5.41) is 6.92. The van der Waals surface area contributed by atoms with Gasteiger partial charge in [-0.15, -0.1) is 0 Å². The van der Waals surface area contributed by atoms with Crippen molar-refractivity contribution in [3.05, 3.63) is 83.9 Å². The Hall–Kier alpha value is -3.71. The van der Waals surface area contributed by atoms with Crippen LogP contribution >= 0.6 is 0 Å². The van der Waals surface area contributed by atoms with Crippen LogP contribution in [0.15, 0.2) is 75.9 Å². The highest BCUT2D eigenvalue weighted by Gasteiger charge is 2.14. The first-order chi connectivity index (χ1) is 16.7. The third-order valence-electron chi connectivity index (χ3n) is 6.14. The minimum Gasteiger partial charge on any atom is -0.461 e. The van der Waals surface area contributed by atoms with Crippen LogP contribution in [0.25, 0.3) is 22.7 Å². The zero-order valence-corrected chi connectivity index (χ0v) is 19.1. The molecule has 7 heteroatoms. The van der Waals surface area contributed by atoms with Crippen molar-refractivity contribution >= 4 is 5.91 Å². The van der Waals surface area contributed by atoms with E-state index in [0.717, 1.165) is 23.2 Å². The molecular formula is C27H28N4O3. The number of hydrogen-bond donors (Lipinski definition) is 1.